The number of aliphatic imine (C=N–C) groups is 1. The molecule has 3 atom stereocenters. The second kappa shape index (κ2) is 7.83. The Balaban J connectivity index is 2.02. The van der Waals surface area contributed by atoms with Gasteiger partial charge in [-0.1, -0.05) is 41.9 Å². The lowest BCUT2D eigenvalue weighted by Gasteiger charge is -2.40. The van der Waals surface area contributed by atoms with Crippen molar-refractivity contribution in [1.29, 1.82) is 0 Å². The predicted molar refractivity (Wildman–Crippen MR) is 110 cm³/mol. The molecule has 1 saturated carbocycles. The minimum atomic E-state index is -0.374. The third kappa shape index (κ3) is 3.80. The first-order valence-electron chi connectivity index (χ1n) is 9.18. The van der Waals surface area contributed by atoms with Gasteiger partial charge in [-0.05, 0) is 61.9 Å². The third-order valence-corrected chi connectivity index (χ3v) is 5.89. The lowest BCUT2D eigenvalue weighted by Crippen LogP contribution is -2.42. The van der Waals surface area contributed by atoms with Crippen molar-refractivity contribution in [3.8, 4) is 0 Å². The number of benzene rings is 1. The van der Waals surface area contributed by atoms with E-state index in [0.29, 0.717) is 11.8 Å². The molecule has 2 aromatic rings. The van der Waals surface area contributed by atoms with Gasteiger partial charge in [0.15, 0.2) is 5.78 Å². The number of aryl methyl sites for hydroxylation is 1. The molecule has 0 saturated heterocycles. The first-order chi connectivity index (χ1) is 12.4. The van der Waals surface area contributed by atoms with Gasteiger partial charge >= 0.3 is 0 Å². The highest BCUT2D eigenvalue weighted by atomic mass is 79.9. The van der Waals surface area contributed by atoms with Gasteiger partial charge < -0.3 is 0 Å². The molecule has 3 unspecified atom stereocenters. The van der Waals surface area contributed by atoms with Crippen LogP contribution in [-0.2, 0) is 4.79 Å². The summed E-state index contributed by atoms with van der Waals surface area (Å²) in [5, 5.41) is 0. The van der Waals surface area contributed by atoms with Crippen molar-refractivity contribution in [2.24, 2.45) is 22.7 Å². The van der Waals surface area contributed by atoms with Crippen molar-refractivity contribution < 1.29 is 4.79 Å². The summed E-state index contributed by atoms with van der Waals surface area (Å²) in [6.07, 6.45) is 2.89. The van der Waals surface area contributed by atoms with Gasteiger partial charge in [-0.2, -0.15) is 0 Å². The Morgan fingerprint density at radius 3 is 2.58 bits per heavy atom. The van der Waals surface area contributed by atoms with E-state index in [-0.39, 0.29) is 17.7 Å². The second-order valence-electron chi connectivity index (χ2n) is 7.45. The molecule has 3 nitrogen and oxygen atoms in total. The number of hydrogen-bond acceptors (Lipinski definition) is 3. The van der Waals surface area contributed by atoms with Gasteiger partial charge in [0.05, 0.1) is 11.4 Å². The van der Waals surface area contributed by atoms with Crippen LogP contribution < -0.4 is 0 Å². The summed E-state index contributed by atoms with van der Waals surface area (Å²) in [5.41, 5.74) is 3.70. The number of carbonyl (C=O) groups excluding carboxylic acids is 1. The molecule has 0 amide bonds. The monoisotopic (exact) mass is 412 g/mol. The van der Waals surface area contributed by atoms with E-state index in [9.17, 15) is 4.79 Å². The van der Waals surface area contributed by atoms with Crippen LogP contribution in [0.15, 0.2) is 52.1 Å². The van der Waals surface area contributed by atoms with E-state index in [1.165, 1.54) is 0 Å². The molecule has 26 heavy (non-hydrogen) atoms. The molecule has 0 bridgehead atoms. The van der Waals surface area contributed by atoms with Crippen molar-refractivity contribution in [1.82, 2.24) is 4.98 Å². The van der Waals surface area contributed by atoms with Gasteiger partial charge in [0.1, 0.15) is 6.04 Å². The number of halogens is 1. The highest BCUT2D eigenvalue weighted by Crippen LogP contribution is 2.41. The Morgan fingerprint density at radius 2 is 1.96 bits per heavy atom. The van der Waals surface area contributed by atoms with Gasteiger partial charge in [-0.25, -0.2) is 0 Å². The molecule has 4 heteroatoms. The lowest BCUT2D eigenvalue weighted by atomic mass is 9.64. The van der Waals surface area contributed by atoms with E-state index in [2.05, 4.69) is 53.8 Å². The average molecular weight is 413 g/mol. The summed E-state index contributed by atoms with van der Waals surface area (Å²) in [6.45, 7) is 8.30. The van der Waals surface area contributed by atoms with Gasteiger partial charge in [-0.3, -0.25) is 14.8 Å². The molecule has 1 heterocycles. The second-order valence-corrected chi connectivity index (χ2v) is 8.36. The van der Waals surface area contributed by atoms with Crippen LogP contribution in [0.5, 0.6) is 0 Å². The first-order valence-corrected chi connectivity index (χ1v) is 9.97. The summed E-state index contributed by atoms with van der Waals surface area (Å²) in [6, 6.07) is 11.5. The van der Waals surface area contributed by atoms with E-state index in [1.807, 2.05) is 31.2 Å². The number of rotatable bonds is 5. The van der Waals surface area contributed by atoms with Crippen LogP contribution in [-0.4, -0.2) is 22.5 Å². The molecule has 136 valence electrons. The fourth-order valence-corrected chi connectivity index (χ4v) is 4.33. The minimum absolute atomic E-state index is 0.127. The third-order valence-electron chi connectivity index (χ3n) is 5.39. The van der Waals surface area contributed by atoms with Crippen LogP contribution in [0, 0.1) is 24.7 Å². The van der Waals surface area contributed by atoms with Gasteiger partial charge in [0, 0.05) is 22.2 Å². The van der Waals surface area contributed by atoms with E-state index < -0.39 is 0 Å². The maximum absolute atomic E-state index is 13.0. The molecule has 0 aliphatic heterocycles. The number of pyridine rings is 1. The molecule has 0 N–H and O–H groups in total. The zero-order valence-electron chi connectivity index (χ0n) is 15.7. The fraction of sp³-hybridized carbons (Fsp3) is 0.409. The summed E-state index contributed by atoms with van der Waals surface area (Å²) in [7, 11) is 0. The number of carbonyl (C=O) groups is 1. The maximum atomic E-state index is 13.0. The molecular formula is C22H25BrN2O. The molecular weight excluding hydrogens is 388 g/mol. The minimum Gasteiger partial charge on any atom is -0.297 e. The van der Waals surface area contributed by atoms with Gasteiger partial charge in [0.2, 0.25) is 0 Å². The van der Waals surface area contributed by atoms with E-state index in [1.54, 1.807) is 6.20 Å². The number of hydrogen-bond donors (Lipinski definition) is 0. The normalized spacial score (nSPS) is 24.0. The Labute approximate surface area is 164 Å². The van der Waals surface area contributed by atoms with Crippen molar-refractivity contribution in [3.05, 3.63) is 63.9 Å². The molecule has 1 aromatic heterocycles. The molecule has 1 aliphatic rings. The zero-order valence-corrected chi connectivity index (χ0v) is 17.3. The average Bonchev–Trinajstić information content (AvgIpc) is 2.62. The standard InChI is InChI=1S/C22H25BrN2O/c1-13-8-9-17(23)12-18(13)21(19-7-5-6-10-24-19)25-16(4)22(26)20-14(2)11-15(20)3/h5-10,12,14-16,20H,11H2,1-4H3. The smallest absolute Gasteiger partial charge is 0.160 e. The maximum Gasteiger partial charge on any atom is 0.160 e. The zero-order chi connectivity index (χ0) is 18.8. The van der Waals surface area contributed by atoms with E-state index in [0.717, 1.165) is 33.4 Å². The first kappa shape index (κ1) is 19.0. The fourth-order valence-electron chi connectivity index (χ4n) is 3.97. The number of aromatic nitrogens is 1. The summed E-state index contributed by atoms with van der Waals surface area (Å²) in [5.74, 6) is 1.29. The Kier molecular flexibility index (Phi) is 5.71. The number of ketones is 1. The molecule has 3 rings (SSSR count). The predicted octanol–water partition coefficient (Wildman–Crippen LogP) is 5.24. The quantitative estimate of drug-likeness (QED) is 0.630. The van der Waals surface area contributed by atoms with Crippen molar-refractivity contribution in [2.75, 3.05) is 0 Å². The largest absolute Gasteiger partial charge is 0.297 e. The summed E-state index contributed by atoms with van der Waals surface area (Å²) in [4.78, 5) is 22.3. The SMILES string of the molecule is Cc1ccc(Br)cc1C(=NC(C)C(=O)C1C(C)CC1C)c1ccccn1. The summed E-state index contributed by atoms with van der Waals surface area (Å²) < 4.78 is 0.988. The van der Waals surface area contributed by atoms with Crippen molar-refractivity contribution in [2.45, 2.75) is 40.2 Å². The molecule has 0 radical (unpaired) electrons. The van der Waals surface area contributed by atoms with Crippen LogP contribution in [0.1, 0.15) is 44.0 Å². The topological polar surface area (TPSA) is 42.3 Å². The van der Waals surface area contributed by atoms with E-state index >= 15 is 0 Å². The summed E-state index contributed by atoms with van der Waals surface area (Å²) >= 11 is 3.55. The molecule has 1 aromatic carbocycles. The van der Waals surface area contributed by atoms with Crippen LogP contribution in [0.4, 0.5) is 0 Å². The highest BCUT2D eigenvalue weighted by molar-refractivity contribution is 9.10. The Morgan fingerprint density at radius 1 is 1.23 bits per heavy atom. The van der Waals surface area contributed by atoms with Gasteiger partial charge in [0.25, 0.3) is 0 Å². The molecule has 1 fully saturated rings. The van der Waals surface area contributed by atoms with Gasteiger partial charge in [-0.15, -0.1) is 0 Å². The number of nitrogens with zero attached hydrogens (tertiary/aromatic N) is 2. The highest BCUT2D eigenvalue weighted by Gasteiger charge is 2.41. The molecule has 1 aliphatic carbocycles. The van der Waals surface area contributed by atoms with Crippen LogP contribution in [0.2, 0.25) is 0 Å². The number of Topliss-reactive ketones (excluding diaryl/α,β-unsaturated/α-hetero) is 1. The van der Waals surface area contributed by atoms with Crippen LogP contribution >= 0.6 is 15.9 Å². The van der Waals surface area contributed by atoms with Crippen molar-refractivity contribution >= 4 is 27.4 Å². The molecule has 0 spiro atoms. The lowest BCUT2D eigenvalue weighted by molar-refractivity contribution is -0.131. The van der Waals surface area contributed by atoms with Crippen molar-refractivity contribution in [3.63, 3.8) is 0 Å². The Bertz CT molecular complexity index is 823. The van der Waals surface area contributed by atoms with Crippen LogP contribution in [0.25, 0.3) is 0 Å². The van der Waals surface area contributed by atoms with E-state index in [4.69, 9.17) is 4.99 Å². The van der Waals surface area contributed by atoms with Crippen LogP contribution in [0.3, 0.4) is 0 Å². The Hall–Kier alpha value is -1.81.